The fourth-order valence-electron chi connectivity index (χ4n) is 2.76. The lowest BCUT2D eigenvalue weighted by Crippen LogP contribution is -2.12. The molecule has 0 atom stereocenters. The summed E-state index contributed by atoms with van der Waals surface area (Å²) in [5.74, 6) is 2.55. The predicted molar refractivity (Wildman–Crippen MR) is 111 cm³/mol. The Morgan fingerprint density at radius 3 is 2.61 bits per heavy atom. The Morgan fingerprint density at radius 1 is 1.14 bits per heavy atom. The Kier molecular flexibility index (Phi) is 6.92. The van der Waals surface area contributed by atoms with Gasteiger partial charge in [-0.25, -0.2) is 0 Å². The molecule has 0 fully saturated rings. The molecule has 0 aliphatic heterocycles. The highest BCUT2D eigenvalue weighted by Gasteiger charge is 2.17. The van der Waals surface area contributed by atoms with Gasteiger partial charge in [-0.3, -0.25) is 4.79 Å². The Hall–Kier alpha value is -2.54. The van der Waals surface area contributed by atoms with Gasteiger partial charge in [-0.2, -0.15) is 0 Å². The highest BCUT2D eigenvalue weighted by Crippen LogP contribution is 2.21. The predicted octanol–water partition coefficient (Wildman–Crippen LogP) is 4.22. The average Bonchev–Trinajstić information content (AvgIpc) is 3.29. The van der Waals surface area contributed by atoms with Gasteiger partial charge in [-0.15, -0.1) is 10.2 Å². The summed E-state index contributed by atoms with van der Waals surface area (Å²) in [4.78, 5) is 12.5. The first kappa shape index (κ1) is 20.2. The summed E-state index contributed by atoms with van der Waals surface area (Å²) < 4.78 is 9.76. The first-order valence-corrected chi connectivity index (χ1v) is 10.4. The molecular weight excluding hydrogens is 372 g/mol. The van der Waals surface area contributed by atoms with E-state index in [-0.39, 0.29) is 5.78 Å². The Labute approximate surface area is 169 Å². The van der Waals surface area contributed by atoms with Crippen molar-refractivity contribution in [2.45, 2.75) is 38.6 Å². The molecule has 0 unspecified atom stereocenters. The molecule has 0 amide bonds. The zero-order chi connectivity index (χ0) is 19.9. The average molecular weight is 399 g/mol. The molecule has 148 valence electrons. The van der Waals surface area contributed by atoms with Gasteiger partial charge in [-0.1, -0.05) is 43.8 Å². The minimum absolute atomic E-state index is 0.0815. The molecule has 0 saturated heterocycles. The number of aryl methyl sites for hydroxylation is 1. The van der Waals surface area contributed by atoms with Crippen molar-refractivity contribution in [3.63, 3.8) is 0 Å². The number of rotatable bonds is 10. The van der Waals surface area contributed by atoms with Crippen LogP contribution in [0.2, 0.25) is 0 Å². The molecule has 0 bridgehead atoms. The third kappa shape index (κ3) is 5.25. The lowest BCUT2D eigenvalue weighted by atomic mass is 10.1. The van der Waals surface area contributed by atoms with Crippen molar-refractivity contribution in [1.29, 1.82) is 0 Å². The topological polar surface area (TPSA) is 61.9 Å². The van der Waals surface area contributed by atoms with Crippen LogP contribution in [0.4, 0.5) is 0 Å². The number of hydrogen-bond acceptors (Lipinski definition) is 5. The van der Waals surface area contributed by atoms with Crippen LogP contribution in [0.25, 0.3) is 0 Å². The fraction of sp³-hybridized carbons (Fsp3) is 0.381. The molecular formula is C21H26N4O2S. The van der Waals surface area contributed by atoms with Gasteiger partial charge in [0.1, 0.15) is 12.4 Å². The molecule has 3 aromatic rings. The first-order chi connectivity index (χ1) is 13.5. The van der Waals surface area contributed by atoms with E-state index in [4.69, 9.17) is 4.74 Å². The van der Waals surface area contributed by atoms with Crippen LogP contribution in [0.5, 0.6) is 5.75 Å². The van der Waals surface area contributed by atoms with E-state index in [1.807, 2.05) is 60.3 Å². The number of thioether (sulfide) groups is 1. The zero-order valence-electron chi connectivity index (χ0n) is 16.5. The van der Waals surface area contributed by atoms with Gasteiger partial charge in [0, 0.05) is 19.8 Å². The quantitative estimate of drug-likeness (QED) is 0.378. The van der Waals surface area contributed by atoms with Gasteiger partial charge in [0.2, 0.25) is 0 Å². The lowest BCUT2D eigenvalue weighted by Gasteiger charge is -2.12. The molecule has 0 aliphatic carbocycles. The monoisotopic (exact) mass is 398 g/mol. The number of para-hydroxylation sites is 1. The van der Waals surface area contributed by atoms with Gasteiger partial charge < -0.3 is 13.9 Å². The van der Waals surface area contributed by atoms with Crippen molar-refractivity contribution in [2.75, 3.05) is 5.75 Å². The Bertz CT molecular complexity index is 902. The minimum Gasteiger partial charge on any atom is -0.486 e. The van der Waals surface area contributed by atoms with Crippen LogP contribution in [0.3, 0.4) is 0 Å². The molecule has 7 heteroatoms. The number of carbonyl (C=O) groups is 1. The molecule has 0 spiro atoms. The fourth-order valence-corrected chi connectivity index (χ4v) is 3.62. The van der Waals surface area contributed by atoms with Crippen molar-refractivity contribution in [3.05, 3.63) is 60.2 Å². The van der Waals surface area contributed by atoms with Crippen molar-refractivity contribution in [2.24, 2.45) is 13.0 Å². The van der Waals surface area contributed by atoms with E-state index < -0.39 is 0 Å². The maximum Gasteiger partial charge on any atom is 0.191 e. The van der Waals surface area contributed by atoms with Crippen LogP contribution in [-0.4, -0.2) is 30.9 Å². The number of Topliss-reactive ketones (excluding diaryl/α,β-unsaturated/α-hetero) is 1. The molecule has 0 saturated carbocycles. The van der Waals surface area contributed by atoms with E-state index in [9.17, 15) is 4.79 Å². The maximum atomic E-state index is 12.5. The molecule has 1 aromatic carbocycles. The maximum absolute atomic E-state index is 12.5. The number of ether oxygens (including phenoxy) is 1. The zero-order valence-corrected chi connectivity index (χ0v) is 17.4. The standard InChI is InChI=1S/C21H26N4O2S/c1-16(2)11-13-25-20(14-27-17-8-5-4-6-9-17)22-23-21(25)28-15-19(26)18-10-7-12-24(18)3/h4-10,12,16H,11,13-15H2,1-3H3. The summed E-state index contributed by atoms with van der Waals surface area (Å²) in [6.45, 7) is 5.53. The van der Waals surface area contributed by atoms with Crippen molar-refractivity contribution < 1.29 is 9.53 Å². The van der Waals surface area contributed by atoms with Gasteiger partial charge in [0.05, 0.1) is 11.4 Å². The van der Waals surface area contributed by atoms with Crippen LogP contribution in [0.1, 0.15) is 36.6 Å². The number of aromatic nitrogens is 4. The highest BCUT2D eigenvalue weighted by atomic mass is 32.2. The van der Waals surface area contributed by atoms with Crippen molar-refractivity contribution in [3.8, 4) is 5.75 Å². The Balaban J connectivity index is 1.69. The van der Waals surface area contributed by atoms with Gasteiger partial charge in [0.15, 0.2) is 16.8 Å². The van der Waals surface area contributed by atoms with Crippen molar-refractivity contribution in [1.82, 2.24) is 19.3 Å². The van der Waals surface area contributed by atoms with Gasteiger partial charge in [-0.05, 0) is 36.6 Å². The van der Waals surface area contributed by atoms with Crippen LogP contribution in [0.15, 0.2) is 53.8 Å². The molecule has 28 heavy (non-hydrogen) atoms. The van der Waals surface area contributed by atoms with Crippen LogP contribution >= 0.6 is 11.8 Å². The second kappa shape index (κ2) is 9.59. The van der Waals surface area contributed by atoms with E-state index in [0.29, 0.717) is 24.0 Å². The van der Waals surface area contributed by atoms with E-state index in [2.05, 4.69) is 28.6 Å². The van der Waals surface area contributed by atoms with E-state index in [1.165, 1.54) is 11.8 Å². The number of ketones is 1. The van der Waals surface area contributed by atoms with Crippen LogP contribution < -0.4 is 4.74 Å². The number of benzene rings is 1. The molecule has 2 aromatic heterocycles. The SMILES string of the molecule is CC(C)CCn1c(COc2ccccc2)nnc1SCC(=O)c1cccn1C. The molecule has 0 N–H and O–H groups in total. The smallest absolute Gasteiger partial charge is 0.191 e. The Morgan fingerprint density at radius 2 is 1.93 bits per heavy atom. The normalized spacial score (nSPS) is 11.1. The summed E-state index contributed by atoms with van der Waals surface area (Å²) in [5.41, 5.74) is 0.702. The summed E-state index contributed by atoms with van der Waals surface area (Å²) >= 11 is 1.43. The third-order valence-corrected chi connectivity index (χ3v) is 5.36. The highest BCUT2D eigenvalue weighted by molar-refractivity contribution is 7.99. The molecule has 6 nitrogen and oxygen atoms in total. The summed E-state index contributed by atoms with van der Waals surface area (Å²) in [6, 6.07) is 13.4. The van der Waals surface area contributed by atoms with Crippen molar-refractivity contribution >= 4 is 17.5 Å². The number of hydrogen-bond donors (Lipinski definition) is 0. The molecule has 0 aliphatic rings. The summed E-state index contributed by atoms with van der Waals surface area (Å²) in [6.07, 6.45) is 2.89. The second-order valence-electron chi connectivity index (χ2n) is 7.05. The molecule has 3 rings (SSSR count). The molecule has 0 radical (unpaired) electrons. The van der Waals surface area contributed by atoms with E-state index in [0.717, 1.165) is 29.7 Å². The lowest BCUT2D eigenvalue weighted by molar-refractivity contribution is 0.101. The minimum atomic E-state index is 0.0815. The molecule has 2 heterocycles. The number of carbonyl (C=O) groups excluding carboxylic acids is 1. The van der Waals surface area contributed by atoms with E-state index >= 15 is 0 Å². The number of nitrogens with zero attached hydrogens (tertiary/aromatic N) is 4. The van der Waals surface area contributed by atoms with Crippen LogP contribution in [-0.2, 0) is 20.2 Å². The van der Waals surface area contributed by atoms with Crippen LogP contribution in [0, 0.1) is 5.92 Å². The largest absolute Gasteiger partial charge is 0.486 e. The summed E-state index contributed by atoms with van der Waals surface area (Å²) in [7, 11) is 1.88. The van der Waals surface area contributed by atoms with Gasteiger partial charge in [0.25, 0.3) is 0 Å². The van der Waals surface area contributed by atoms with E-state index in [1.54, 1.807) is 0 Å². The third-order valence-electron chi connectivity index (χ3n) is 4.40. The second-order valence-corrected chi connectivity index (χ2v) is 7.99. The van der Waals surface area contributed by atoms with Gasteiger partial charge >= 0.3 is 0 Å². The summed E-state index contributed by atoms with van der Waals surface area (Å²) in [5, 5.41) is 9.40. The first-order valence-electron chi connectivity index (χ1n) is 9.42.